The van der Waals surface area contributed by atoms with Crippen molar-refractivity contribution in [1.29, 1.82) is 0 Å². The van der Waals surface area contributed by atoms with Crippen LogP contribution in [-0.4, -0.2) is 47.9 Å². The van der Waals surface area contributed by atoms with Gasteiger partial charge in [-0.05, 0) is 38.3 Å². The number of amides is 1. The van der Waals surface area contributed by atoms with Gasteiger partial charge >= 0.3 is 0 Å². The van der Waals surface area contributed by atoms with Gasteiger partial charge in [-0.2, -0.15) is 0 Å². The molecule has 5 nitrogen and oxygen atoms in total. The van der Waals surface area contributed by atoms with Gasteiger partial charge in [0.15, 0.2) is 5.78 Å². The highest BCUT2D eigenvalue weighted by molar-refractivity contribution is 6.02. The summed E-state index contributed by atoms with van der Waals surface area (Å²) in [5.74, 6) is -0.320. The van der Waals surface area contributed by atoms with Gasteiger partial charge in [-0.25, -0.2) is 4.39 Å². The Morgan fingerprint density at radius 3 is 2.72 bits per heavy atom. The SMILES string of the molecule is C=NCC1=CC2(CN(C(=O)c3cc4ccc(F)cc4nc3C)C2)CC(C)(C)C1=O. The van der Waals surface area contributed by atoms with Crippen LogP contribution in [0.3, 0.4) is 0 Å². The van der Waals surface area contributed by atoms with E-state index in [0.29, 0.717) is 48.4 Å². The van der Waals surface area contributed by atoms with Crippen molar-refractivity contribution in [2.24, 2.45) is 15.8 Å². The standard InChI is InChI=1S/C23H24FN3O2/c1-14-18(7-15-5-6-17(24)8-19(15)26-14)21(29)27-12-23(13-27)9-16(10-25-4)20(28)22(2,3)11-23/h5-9H,4,10-13H2,1-3H3. The molecule has 2 aromatic rings. The second kappa shape index (κ2) is 6.58. The van der Waals surface area contributed by atoms with Gasteiger partial charge in [-0.3, -0.25) is 19.6 Å². The normalized spacial score (nSPS) is 19.8. The Morgan fingerprint density at radius 2 is 2.03 bits per heavy atom. The fourth-order valence-corrected chi connectivity index (χ4v) is 4.80. The molecule has 0 radical (unpaired) electrons. The Hall–Kier alpha value is -2.89. The lowest BCUT2D eigenvalue weighted by atomic mass is 9.61. The summed E-state index contributed by atoms with van der Waals surface area (Å²) in [5, 5.41) is 0.735. The number of aliphatic imine (C=N–C) groups is 1. The fourth-order valence-electron chi connectivity index (χ4n) is 4.80. The first-order valence-electron chi connectivity index (χ1n) is 9.69. The van der Waals surface area contributed by atoms with Crippen LogP contribution in [0, 0.1) is 23.6 Å². The zero-order chi connectivity index (χ0) is 21.0. The van der Waals surface area contributed by atoms with Gasteiger partial charge in [0, 0.05) is 40.9 Å². The van der Waals surface area contributed by atoms with Crippen molar-refractivity contribution < 1.29 is 14.0 Å². The summed E-state index contributed by atoms with van der Waals surface area (Å²) in [5.41, 5.74) is 1.66. The van der Waals surface area contributed by atoms with E-state index >= 15 is 0 Å². The number of hydrogen-bond acceptors (Lipinski definition) is 4. The molecule has 1 amide bonds. The van der Waals surface area contributed by atoms with Crippen molar-refractivity contribution in [2.45, 2.75) is 27.2 Å². The van der Waals surface area contributed by atoms with E-state index in [0.717, 1.165) is 5.39 Å². The quantitative estimate of drug-likeness (QED) is 0.746. The molecule has 1 aromatic carbocycles. The molecular formula is C23H24FN3O2. The van der Waals surface area contributed by atoms with Crippen LogP contribution in [0.4, 0.5) is 4.39 Å². The summed E-state index contributed by atoms with van der Waals surface area (Å²) < 4.78 is 13.4. The van der Waals surface area contributed by atoms with Gasteiger partial charge in [0.25, 0.3) is 5.91 Å². The molecule has 0 unspecified atom stereocenters. The van der Waals surface area contributed by atoms with E-state index in [2.05, 4.69) is 16.7 Å². The molecule has 1 spiro atoms. The monoisotopic (exact) mass is 393 g/mol. The Balaban J connectivity index is 1.60. The van der Waals surface area contributed by atoms with Gasteiger partial charge in [0.1, 0.15) is 5.82 Å². The van der Waals surface area contributed by atoms with Crippen LogP contribution in [-0.2, 0) is 4.79 Å². The summed E-state index contributed by atoms with van der Waals surface area (Å²) >= 11 is 0. The predicted octanol–water partition coefficient (Wildman–Crippen LogP) is 3.75. The Kier molecular flexibility index (Phi) is 4.41. The lowest BCUT2D eigenvalue weighted by Gasteiger charge is -2.53. The second-order valence-electron chi connectivity index (χ2n) is 8.92. The molecule has 4 rings (SSSR count). The Morgan fingerprint density at radius 1 is 1.31 bits per heavy atom. The van der Waals surface area contributed by atoms with E-state index in [4.69, 9.17) is 0 Å². The highest BCUT2D eigenvalue weighted by Crippen LogP contribution is 2.48. The molecule has 1 aromatic heterocycles. The molecule has 2 aliphatic rings. The fraction of sp³-hybridized carbons (Fsp3) is 0.391. The molecule has 1 aliphatic carbocycles. The number of Topliss-reactive ketones (excluding diaryl/α,β-unsaturated/α-hetero) is 1. The van der Waals surface area contributed by atoms with Crippen molar-refractivity contribution in [3.05, 3.63) is 53.0 Å². The van der Waals surface area contributed by atoms with Gasteiger partial charge < -0.3 is 4.90 Å². The molecule has 1 saturated heterocycles. The molecule has 1 aliphatic heterocycles. The summed E-state index contributed by atoms with van der Waals surface area (Å²) in [6.45, 7) is 10.6. The van der Waals surface area contributed by atoms with Crippen LogP contribution in [0.2, 0.25) is 0 Å². The molecular weight excluding hydrogens is 369 g/mol. The minimum atomic E-state index is -0.478. The Labute approximate surface area is 169 Å². The van der Waals surface area contributed by atoms with Crippen LogP contribution in [0.1, 0.15) is 36.3 Å². The van der Waals surface area contributed by atoms with Gasteiger partial charge in [0.2, 0.25) is 0 Å². The van der Waals surface area contributed by atoms with E-state index in [9.17, 15) is 14.0 Å². The van der Waals surface area contributed by atoms with Crippen molar-refractivity contribution in [2.75, 3.05) is 19.6 Å². The molecule has 2 heterocycles. The number of fused-ring (bicyclic) bond motifs is 1. The number of aromatic nitrogens is 1. The lowest BCUT2D eigenvalue weighted by molar-refractivity contribution is -0.127. The van der Waals surface area contributed by atoms with Crippen molar-refractivity contribution in [3.8, 4) is 0 Å². The van der Waals surface area contributed by atoms with Gasteiger partial charge in [-0.1, -0.05) is 19.9 Å². The molecule has 1 fully saturated rings. The summed E-state index contributed by atoms with van der Waals surface area (Å²) in [7, 11) is 0. The zero-order valence-electron chi connectivity index (χ0n) is 17.0. The smallest absolute Gasteiger partial charge is 0.255 e. The number of carbonyl (C=O) groups is 2. The maximum Gasteiger partial charge on any atom is 0.255 e. The molecule has 150 valence electrons. The number of carbonyl (C=O) groups excluding carboxylic acids is 2. The maximum absolute atomic E-state index is 13.4. The minimum absolute atomic E-state index is 0.0849. The number of benzene rings is 1. The van der Waals surface area contributed by atoms with Crippen molar-refractivity contribution >= 4 is 29.3 Å². The van der Waals surface area contributed by atoms with Crippen LogP contribution in [0.25, 0.3) is 10.9 Å². The summed E-state index contributed by atoms with van der Waals surface area (Å²) in [6, 6.07) is 6.16. The van der Waals surface area contributed by atoms with Crippen LogP contribution < -0.4 is 0 Å². The highest BCUT2D eigenvalue weighted by atomic mass is 19.1. The number of halogens is 1. The number of likely N-dealkylation sites (tertiary alicyclic amines) is 1. The van der Waals surface area contributed by atoms with Crippen molar-refractivity contribution in [1.82, 2.24) is 9.88 Å². The molecule has 29 heavy (non-hydrogen) atoms. The van der Waals surface area contributed by atoms with E-state index in [-0.39, 0.29) is 22.9 Å². The van der Waals surface area contributed by atoms with Gasteiger partial charge in [-0.15, -0.1) is 0 Å². The highest BCUT2D eigenvalue weighted by Gasteiger charge is 2.52. The maximum atomic E-state index is 13.4. The first-order valence-corrected chi connectivity index (χ1v) is 9.69. The number of hydrogen-bond donors (Lipinski definition) is 0. The third kappa shape index (κ3) is 3.26. The Bertz CT molecular complexity index is 1080. The molecule has 0 N–H and O–H groups in total. The van der Waals surface area contributed by atoms with Gasteiger partial charge in [0.05, 0.1) is 23.3 Å². The van der Waals surface area contributed by atoms with E-state index in [1.165, 1.54) is 12.1 Å². The molecule has 0 bridgehead atoms. The van der Waals surface area contributed by atoms with Crippen molar-refractivity contribution in [3.63, 3.8) is 0 Å². The molecule has 0 saturated carbocycles. The number of nitrogens with zero attached hydrogens (tertiary/aromatic N) is 3. The van der Waals surface area contributed by atoms with Crippen LogP contribution in [0.5, 0.6) is 0 Å². The van der Waals surface area contributed by atoms with E-state index < -0.39 is 5.41 Å². The average Bonchev–Trinajstić information content (AvgIpc) is 2.62. The molecule has 0 atom stereocenters. The average molecular weight is 393 g/mol. The topological polar surface area (TPSA) is 62.6 Å². The third-order valence-electron chi connectivity index (χ3n) is 5.96. The van der Waals surface area contributed by atoms with E-state index in [1.807, 2.05) is 19.9 Å². The summed E-state index contributed by atoms with van der Waals surface area (Å²) in [6.07, 6.45) is 2.71. The number of ketones is 1. The number of rotatable bonds is 3. The summed E-state index contributed by atoms with van der Waals surface area (Å²) in [4.78, 5) is 35.8. The second-order valence-corrected chi connectivity index (χ2v) is 8.92. The van der Waals surface area contributed by atoms with Crippen LogP contribution >= 0.6 is 0 Å². The van der Waals surface area contributed by atoms with E-state index in [1.54, 1.807) is 24.0 Å². The predicted molar refractivity (Wildman–Crippen MR) is 111 cm³/mol. The largest absolute Gasteiger partial charge is 0.337 e. The molecule has 6 heteroatoms. The number of pyridine rings is 1. The number of aryl methyl sites for hydroxylation is 1. The first-order chi connectivity index (χ1) is 13.6. The first kappa shape index (κ1) is 19.4. The third-order valence-corrected chi connectivity index (χ3v) is 5.96. The van der Waals surface area contributed by atoms with Crippen LogP contribution in [0.15, 0.2) is 40.9 Å². The minimum Gasteiger partial charge on any atom is -0.337 e. The lowest BCUT2D eigenvalue weighted by Crippen LogP contribution is -2.61. The zero-order valence-corrected chi connectivity index (χ0v) is 17.0.